The van der Waals surface area contributed by atoms with Crippen LogP contribution in [0.5, 0.6) is 0 Å². The van der Waals surface area contributed by atoms with Crippen LogP contribution in [0, 0.1) is 0 Å². The highest BCUT2D eigenvalue weighted by Crippen LogP contribution is 2.29. The van der Waals surface area contributed by atoms with Crippen LogP contribution in [0.4, 0.5) is 11.5 Å². The summed E-state index contributed by atoms with van der Waals surface area (Å²) in [5.41, 5.74) is -0.653. The summed E-state index contributed by atoms with van der Waals surface area (Å²) in [6, 6.07) is 6.53. The molecule has 2 amide bonds. The van der Waals surface area contributed by atoms with Crippen molar-refractivity contribution >= 4 is 34.9 Å². The predicted molar refractivity (Wildman–Crippen MR) is 93.0 cm³/mol. The molecule has 0 unspecified atom stereocenters. The maximum atomic E-state index is 12.7. The van der Waals surface area contributed by atoms with Gasteiger partial charge in [-0.05, 0) is 18.2 Å². The Morgan fingerprint density at radius 1 is 1.24 bits per heavy atom. The van der Waals surface area contributed by atoms with E-state index < -0.39 is 29.0 Å². The molecule has 0 aliphatic carbocycles. The van der Waals surface area contributed by atoms with Crippen molar-refractivity contribution in [2.45, 2.75) is 12.3 Å². The molecule has 3 rings (SSSR count). The van der Waals surface area contributed by atoms with E-state index in [0.717, 1.165) is 9.13 Å². The number of nitrogens with zero attached hydrogens (tertiary/aromatic N) is 2. The zero-order valence-electron chi connectivity index (χ0n) is 13.5. The van der Waals surface area contributed by atoms with Gasteiger partial charge in [0.2, 0.25) is 11.8 Å². The van der Waals surface area contributed by atoms with Crippen molar-refractivity contribution in [1.29, 1.82) is 0 Å². The largest absolute Gasteiger partial charge is 0.332 e. The molecule has 0 radical (unpaired) electrons. The molecule has 0 saturated carbocycles. The van der Waals surface area contributed by atoms with Gasteiger partial charge in [0.05, 0.1) is 11.5 Å². The second kappa shape index (κ2) is 6.21. The highest BCUT2D eigenvalue weighted by atomic mass is 35.5. The first-order chi connectivity index (χ1) is 11.8. The van der Waals surface area contributed by atoms with Gasteiger partial charge >= 0.3 is 5.69 Å². The van der Waals surface area contributed by atoms with E-state index in [0.29, 0.717) is 10.7 Å². The van der Waals surface area contributed by atoms with Gasteiger partial charge in [0.15, 0.2) is 0 Å². The number of fused-ring (bicyclic) bond motifs is 1. The molecule has 1 aliphatic rings. The Kier molecular flexibility index (Phi) is 4.22. The Morgan fingerprint density at radius 3 is 2.64 bits per heavy atom. The molecule has 1 aromatic carbocycles. The normalized spacial score (nSPS) is 16.1. The number of halogens is 1. The van der Waals surface area contributed by atoms with Crippen molar-refractivity contribution in [1.82, 2.24) is 9.13 Å². The number of hydrogen-bond donors (Lipinski definition) is 2. The Bertz CT molecular complexity index is 1010. The Labute approximate surface area is 147 Å². The van der Waals surface area contributed by atoms with Crippen molar-refractivity contribution in [3.8, 4) is 0 Å². The van der Waals surface area contributed by atoms with Crippen molar-refractivity contribution in [2.24, 2.45) is 14.1 Å². The average Bonchev–Trinajstić information content (AvgIpc) is 2.57. The molecule has 8 nitrogen and oxygen atoms in total. The molecule has 130 valence electrons. The lowest BCUT2D eigenvalue weighted by atomic mass is 9.92. The van der Waals surface area contributed by atoms with Crippen LogP contribution in [0.2, 0.25) is 5.02 Å². The van der Waals surface area contributed by atoms with Gasteiger partial charge < -0.3 is 10.6 Å². The van der Waals surface area contributed by atoms with Gasteiger partial charge in [-0.3, -0.25) is 23.5 Å². The minimum absolute atomic E-state index is 0.0515. The molecular weight excluding hydrogens is 348 g/mol. The van der Waals surface area contributed by atoms with Crippen LogP contribution in [0.1, 0.15) is 17.9 Å². The van der Waals surface area contributed by atoms with Crippen LogP contribution in [-0.2, 0) is 23.7 Å². The van der Waals surface area contributed by atoms with Crippen LogP contribution >= 0.6 is 11.6 Å². The minimum Gasteiger partial charge on any atom is -0.325 e. The topological polar surface area (TPSA) is 102 Å². The highest BCUT2D eigenvalue weighted by molar-refractivity contribution is 6.30. The number of anilines is 2. The van der Waals surface area contributed by atoms with E-state index >= 15 is 0 Å². The van der Waals surface area contributed by atoms with Gasteiger partial charge in [0.25, 0.3) is 5.56 Å². The zero-order chi connectivity index (χ0) is 18.3. The number of carbonyl (C=O) groups is 2. The second-order valence-corrected chi connectivity index (χ2v) is 6.21. The van der Waals surface area contributed by atoms with E-state index in [1.165, 1.54) is 14.1 Å². The molecule has 1 aromatic heterocycles. The summed E-state index contributed by atoms with van der Waals surface area (Å²) in [6.07, 6.45) is -0.188. The Hall–Kier alpha value is -2.87. The van der Waals surface area contributed by atoms with Crippen LogP contribution in [0.15, 0.2) is 33.9 Å². The first-order valence-corrected chi connectivity index (χ1v) is 7.83. The molecule has 2 aromatic rings. The van der Waals surface area contributed by atoms with Crippen molar-refractivity contribution in [2.75, 3.05) is 10.6 Å². The molecule has 25 heavy (non-hydrogen) atoms. The third-order valence-electron chi connectivity index (χ3n) is 4.10. The fourth-order valence-corrected chi connectivity index (χ4v) is 3.02. The summed E-state index contributed by atoms with van der Waals surface area (Å²) in [6.45, 7) is 0. The monoisotopic (exact) mass is 362 g/mol. The molecule has 1 aliphatic heterocycles. The summed E-state index contributed by atoms with van der Waals surface area (Å²) in [7, 11) is 2.76. The number of nitrogens with one attached hydrogen (secondary N) is 2. The lowest BCUT2D eigenvalue weighted by molar-refractivity contribution is -0.123. The smallest absolute Gasteiger partial charge is 0.325 e. The SMILES string of the molecule is Cn1c2c(c(=O)n(C)c1=O)[C@@H](C(=O)Nc1cccc(Cl)c1)CC(=O)N2. The number of hydrogen-bond acceptors (Lipinski definition) is 4. The molecule has 1 atom stereocenters. The van der Waals surface area contributed by atoms with E-state index in [4.69, 9.17) is 11.6 Å². The number of carbonyl (C=O) groups excluding carboxylic acids is 2. The molecule has 9 heteroatoms. The van der Waals surface area contributed by atoms with Gasteiger partial charge in [-0.15, -0.1) is 0 Å². The molecule has 2 N–H and O–H groups in total. The summed E-state index contributed by atoms with van der Waals surface area (Å²) in [5.74, 6) is -1.92. The van der Waals surface area contributed by atoms with Gasteiger partial charge in [0.1, 0.15) is 5.82 Å². The van der Waals surface area contributed by atoms with Gasteiger partial charge in [-0.1, -0.05) is 17.7 Å². The van der Waals surface area contributed by atoms with Crippen molar-refractivity contribution in [3.05, 3.63) is 55.7 Å². The highest BCUT2D eigenvalue weighted by Gasteiger charge is 2.35. The minimum atomic E-state index is -1.01. The third kappa shape index (κ3) is 2.96. The zero-order valence-corrected chi connectivity index (χ0v) is 14.3. The summed E-state index contributed by atoms with van der Waals surface area (Å²) < 4.78 is 2.06. The molecular formula is C16H15ClN4O4. The van der Waals surface area contributed by atoms with E-state index in [9.17, 15) is 19.2 Å². The van der Waals surface area contributed by atoms with Crippen LogP contribution < -0.4 is 21.9 Å². The molecule has 0 fully saturated rings. The summed E-state index contributed by atoms with van der Waals surface area (Å²) in [5, 5.41) is 5.60. The fraction of sp³-hybridized carbons (Fsp3) is 0.250. The standard InChI is InChI=1S/C16H15ClN4O4/c1-20-13-12(15(24)21(2)16(20)25)10(7-11(22)19-13)14(23)18-9-5-3-4-8(17)6-9/h3-6,10H,7H2,1-2H3,(H,18,23)(H,19,22)/t10-/m0/s1. The van der Waals surface area contributed by atoms with Crippen molar-refractivity contribution < 1.29 is 9.59 Å². The molecule has 0 saturated heterocycles. The van der Waals surface area contributed by atoms with Crippen LogP contribution in [0.3, 0.4) is 0 Å². The molecule has 0 bridgehead atoms. The lowest BCUT2D eigenvalue weighted by Gasteiger charge is -2.26. The van der Waals surface area contributed by atoms with Gasteiger partial charge in [-0.2, -0.15) is 0 Å². The van der Waals surface area contributed by atoms with E-state index in [1.54, 1.807) is 24.3 Å². The van der Waals surface area contributed by atoms with Gasteiger partial charge in [-0.25, -0.2) is 4.79 Å². The summed E-state index contributed by atoms with van der Waals surface area (Å²) in [4.78, 5) is 49.2. The Morgan fingerprint density at radius 2 is 1.96 bits per heavy atom. The summed E-state index contributed by atoms with van der Waals surface area (Å²) >= 11 is 5.90. The maximum Gasteiger partial charge on any atom is 0.332 e. The molecule has 0 spiro atoms. The lowest BCUT2D eigenvalue weighted by Crippen LogP contribution is -2.45. The van der Waals surface area contributed by atoms with E-state index in [-0.39, 0.29) is 17.8 Å². The first kappa shape index (κ1) is 17.0. The predicted octanol–water partition coefficient (Wildman–Crippen LogP) is 0.802. The first-order valence-electron chi connectivity index (χ1n) is 7.45. The average molecular weight is 363 g/mol. The number of rotatable bonds is 2. The number of amides is 2. The quantitative estimate of drug-likeness (QED) is 0.824. The number of aromatic nitrogens is 2. The van der Waals surface area contributed by atoms with Crippen LogP contribution in [0.25, 0.3) is 0 Å². The fourth-order valence-electron chi connectivity index (χ4n) is 2.83. The van der Waals surface area contributed by atoms with Crippen LogP contribution in [-0.4, -0.2) is 20.9 Å². The van der Waals surface area contributed by atoms with E-state index in [2.05, 4.69) is 10.6 Å². The van der Waals surface area contributed by atoms with Gasteiger partial charge in [0, 0.05) is 31.2 Å². The third-order valence-corrected chi connectivity index (χ3v) is 4.34. The Balaban J connectivity index is 2.07. The van der Waals surface area contributed by atoms with E-state index in [1.807, 2.05) is 0 Å². The molecule has 2 heterocycles. The van der Waals surface area contributed by atoms with Crippen molar-refractivity contribution in [3.63, 3.8) is 0 Å². The number of benzene rings is 1. The maximum absolute atomic E-state index is 12.7. The second-order valence-electron chi connectivity index (χ2n) is 5.77.